The highest BCUT2D eigenvalue weighted by atomic mass is 16.5. The number of ether oxygens (including phenoxy) is 1. The van der Waals surface area contributed by atoms with Gasteiger partial charge in [0.05, 0.1) is 17.7 Å². The summed E-state index contributed by atoms with van der Waals surface area (Å²) in [6.45, 7) is 5.16. The molecule has 1 N–H and O–H groups in total. The highest BCUT2D eigenvalue weighted by Crippen LogP contribution is 2.27. The molecule has 0 saturated carbocycles. The molecule has 0 bridgehead atoms. The van der Waals surface area contributed by atoms with Gasteiger partial charge in [-0.05, 0) is 47.7 Å². The van der Waals surface area contributed by atoms with Gasteiger partial charge in [0.1, 0.15) is 11.8 Å². The summed E-state index contributed by atoms with van der Waals surface area (Å²) < 4.78 is 5.82. The minimum atomic E-state index is -0.951. The van der Waals surface area contributed by atoms with Gasteiger partial charge in [-0.15, -0.1) is 0 Å². The van der Waals surface area contributed by atoms with Gasteiger partial charge in [0.2, 0.25) is 0 Å². The SMILES string of the molecule is CCC(C)CCCCCCOc1ccc(-c2ccc(C(=O)O)cc2)cc1C#N. The summed E-state index contributed by atoms with van der Waals surface area (Å²) in [6, 6.07) is 14.3. The Bertz CT molecular complexity index is 806. The van der Waals surface area contributed by atoms with E-state index in [1.807, 2.05) is 12.1 Å². The first-order valence-electron chi connectivity index (χ1n) is 10.1. The van der Waals surface area contributed by atoms with Crippen LogP contribution in [0.25, 0.3) is 11.1 Å². The summed E-state index contributed by atoms with van der Waals surface area (Å²) in [4.78, 5) is 11.0. The van der Waals surface area contributed by atoms with Gasteiger partial charge in [-0.1, -0.05) is 64.2 Å². The van der Waals surface area contributed by atoms with Crippen LogP contribution in [0.5, 0.6) is 5.75 Å². The lowest BCUT2D eigenvalue weighted by Crippen LogP contribution is -2.00. The first-order chi connectivity index (χ1) is 13.5. The zero-order valence-corrected chi connectivity index (χ0v) is 16.8. The molecule has 0 heterocycles. The highest BCUT2D eigenvalue weighted by Gasteiger charge is 2.08. The average molecular weight is 380 g/mol. The van der Waals surface area contributed by atoms with E-state index in [4.69, 9.17) is 9.84 Å². The minimum absolute atomic E-state index is 0.244. The molecule has 1 unspecified atom stereocenters. The molecule has 0 amide bonds. The molecule has 0 aromatic heterocycles. The number of nitrogens with zero attached hydrogens (tertiary/aromatic N) is 1. The number of carbonyl (C=O) groups is 1. The molecular weight excluding hydrogens is 350 g/mol. The van der Waals surface area contributed by atoms with E-state index in [0.29, 0.717) is 17.9 Å². The average Bonchev–Trinajstić information content (AvgIpc) is 2.72. The van der Waals surface area contributed by atoms with Gasteiger partial charge in [0.15, 0.2) is 0 Å². The molecule has 0 saturated heterocycles. The van der Waals surface area contributed by atoms with Crippen molar-refractivity contribution in [3.8, 4) is 22.9 Å². The Morgan fingerprint density at radius 3 is 2.39 bits per heavy atom. The smallest absolute Gasteiger partial charge is 0.335 e. The van der Waals surface area contributed by atoms with Crippen molar-refractivity contribution in [1.29, 1.82) is 5.26 Å². The molecule has 1 atom stereocenters. The molecular formula is C24H29NO3. The Hall–Kier alpha value is -2.80. The van der Waals surface area contributed by atoms with Crippen molar-refractivity contribution in [2.75, 3.05) is 6.61 Å². The van der Waals surface area contributed by atoms with Crippen molar-refractivity contribution in [2.45, 2.75) is 52.4 Å². The number of unbranched alkanes of at least 4 members (excludes halogenated alkanes) is 3. The van der Waals surface area contributed by atoms with Crippen LogP contribution in [0.1, 0.15) is 68.3 Å². The summed E-state index contributed by atoms with van der Waals surface area (Å²) in [7, 11) is 0. The molecule has 4 nitrogen and oxygen atoms in total. The van der Waals surface area contributed by atoms with Crippen LogP contribution >= 0.6 is 0 Å². The third-order valence-electron chi connectivity index (χ3n) is 5.11. The van der Waals surface area contributed by atoms with E-state index in [1.54, 1.807) is 30.3 Å². The fourth-order valence-corrected chi connectivity index (χ4v) is 3.06. The van der Waals surface area contributed by atoms with Crippen LogP contribution < -0.4 is 4.74 Å². The van der Waals surface area contributed by atoms with Gasteiger partial charge >= 0.3 is 5.97 Å². The summed E-state index contributed by atoms with van der Waals surface area (Å²) in [5.41, 5.74) is 2.48. The molecule has 4 heteroatoms. The molecule has 0 fully saturated rings. The number of carboxylic acids is 1. The van der Waals surface area contributed by atoms with Crippen molar-refractivity contribution >= 4 is 5.97 Å². The van der Waals surface area contributed by atoms with E-state index in [0.717, 1.165) is 29.9 Å². The van der Waals surface area contributed by atoms with Crippen LogP contribution in [0.4, 0.5) is 0 Å². The fourth-order valence-electron chi connectivity index (χ4n) is 3.06. The molecule has 0 radical (unpaired) electrons. The quantitative estimate of drug-likeness (QED) is 0.465. The van der Waals surface area contributed by atoms with Crippen LogP contribution in [0.15, 0.2) is 42.5 Å². The lowest BCUT2D eigenvalue weighted by molar-refractivity contribution is 0.0697. The maximum absolute atomic E-state index is 11.0. The first-order valence-corrected chi connectivity index (χ1v) is 10.1. The Kier molecular flexibility index (Phi) is 8.55. The van der Waals surface area contributed by atoms with Crippen LogP contribution in [-0.4, -0.2) is 17.7 Å². The topological polar surface area (TPSA) is 70.3 Å². The van der Waals surface area contributed by atoms with Gasteiger partial charge in [-0.3, -0.25) is 0 Å². The van der Waals surface area contributed by atoms with Crippen LogP contribution in [-0.2, 0) is 0 Å². The number of carboxylic acid groups (broad SMARTS) is 1. The lowest BCUT2D eigenvalue weighted by atomic mass is 10.0. The maximum Gasteiger partial charge on any atom is 0.335 e. The number of rotatable bonds is 11. The van der Waals surface area contributed by atoms with Crippen molar-refractivity contribution in [3.63, 3.8) is 0 Å². The van der Waals surface area contributed by atoms with E-state index in [-0.39, 0.29) is 5.56 Å². The normalized spacial score (nSPS) is 11.6. The Morgan fingerprint density at radius 2 is 1.75 bits per heavy atom. The Labute approximate surface area is 167 Å². The predicted molar refractivity (Wildman–Crippen MR) is 112 cm³/mol. The third-order valence-corrected chi connectivity index (χ3v) is 5.11. The van der Waals surface area contributed by atoms with Crippen molar-refractivity contribution in [1.82, 2.24) is 0 Å². The molecule has 0 aliphatic heterocycles. The second-order valence-electron chi connectivity index (χ2n) is 7.27. The largest absolute Gasteiger partial charge is 0.492 e. The Balaban J connectivity index is 1.87. The van der Waals surface area contributed by atoms with Crippen molar-refractivity contribution < 1.29 is 14.6 Å². The number of benzene rings is 2. The van der Waals surface area contributed by atoms with Crippen LogP contribution in [0.2, 0.25) is 0 Å². The van der Waals surface area contributed by atoms with Gasteiger partial charge in [0, 0.05) is 0 Å². The summed E-state index contributed by atoms with van der Waals surface area (Å²) in [5, 5.41) is 18.4. The van der Waals surface area contributed by atoms with Crippen molar-refractivity contribution in [3.05, 3.63) is 53.6 Å². The molecule has 148 valence electrons. The van der Waals surface area contributed by atoms with E-state index < -0.39 is 5.97 Å². The minimum Gasteiger partial charge on any atom is -0.492 e. The van der Waals surface area contributed by atoms with E-state index >= 15 is 0 Å². The number of hydrogen-bond donors (Lipinski definition) is 1. The molecule has 0 spiro atoms. The zero-order chi connectivity index (χ0) is 20.4. The first kappa shape index (κ1) is 21.5. The van der Waals surface area contributed by atoms with Gasteiger partial charge < -0.3 is 9.84 Å². The number of hydrogen-bond acceptors (Lipinski definition) is 3. The summed E-state index contributed by atoms with van der Waals surface area (Å²) in [6.07, 6.45) is 7.18. The second kappa shape index (κ2) is 11.1. The highest BCUT2D eigenvalue weighted by molar-refractivity contribution is 5.88. The number of aromatic carboxylic acids is 1. The van der Waals surface area contributed by atoms with Crippen LogP contribution in [0, 0.1) is 17.2 Å². The van der Waals surface area contributed by atoms with Crippen LogP contribution in [0.3, 0.4) is 0 Å². The molecule has 2 aromatic carbocycles. The molecule has 28 heavy (non-hydrogen) atoms. The zero-order valence-electron chi connectivity index (χ0n) is 16.8. The molecule has 2 rings (SSSR count). The summed E-state index contributed by atoms with van der Waals surface area (Å²) in [5.74, 6) is 0.467. The molecule has 0 aliphatic carbocycles. The Morgan fingerprint density at radius 1 is 1.07 bits per heavy atom. The lowest BCUT2D eigenvalue weighted by Gasteiger charge is -2.10. The van der Waals surface area contributed by atoms with E-state index in [2.05, 4.69) is 19.9 Å². The summed E-state index contributed by atoms with van der Waals surface area (Å²) >= 11 is 0. The van der Waals surface area contributed by atoms with Gasteiger partial charge in [-0.2, -0.15) is 5.26 Å². The molecule has 2 aromatic rings. The monoisotopic (exact) mass is 379 g/mol. The van der Waals surface area contributed by atoms with E-state index in [9.17, 15) is 10.1 Å². The standard InChI is InChI=1S/C24H29NO3/c1-3-18(2)8-6-4-5-7-15-28-23-14-13-21(16-22(23)17-25)19-9-11-20(12-10-19)24(26)27/h9-14,16,18H,3-8,15H2,1-2H3,(H,26,27). The van der Waals surface area contributed by atoms with Gasteiger partial charge in [0.25, 0.3) is 0 Å². The van der Waals surface area contributed by atoms with Gasteiger partial charge in [-0.25, -0.2) is 4.79 Å². The van der Waals surface area contributed by atoms with E-state index in [1.165, 1.54) is 25.7 Å². The van der Waals surface area contributed by atoms with Crippen molar-refractivity contribution in [2.24, 2.45) is 5.92 Å². The predicted octanol–water partition coefficient (Wildman–Crippen LogP) is 6.30. The third kappa shape index (κ3) is 6.42. The second-order valence-corrected chi connectivity index (χ2v) is 7.27. The molecule has 0 aliphatic rings. The fraction of sp³-hybridized carbons (Fsp3) is 0.417. The number of nitriles is 1. The maximum atomic E-state index is 11.0.